The summed E-state index contributed by atoms with van der Waals surface area (Å²) >= 11 is 0. The average Bonchev–Trinajstić information content (AvgIpc) is 3.00. The van der Waals surface area contributed by atoms with E-state index in [-0.39, 0.29) is 0 Å². The number of hydrogen-bond acceptors (Lipinski definition) is 1. The van der Waals surface area contributed by atoms with E-state index in [1.165, 1.54) is 11.1 Å². The molecule has 1 nitrogen and oxygen atoms in total. The maximum atomic E-state index is 5.61. The van der Waals surface area contributed by atoms with Gasteiger partial charge in [-0.1, -0.05) is 36.1 Å². The molecule has 26 heavy (non-hydrogen) atoms. The normalized spacial score (nSPS) is 11.1. The molecule has 0 saturated heterocycles. The molecule has 3 aromatic rings. The van der Waals surface area contributed by atoms with Crippen LogP contribution in [-0.4, -0.2) is 7.11 Å². The zero-order chi connectivity index (χ0) is 18.1. The lowest BCUT2D eigenvalue weighted by Crippen LogP contribution is -1.86. The van der Waals surface area contributed by atoms with E-state index in [1.54, 1.807) is 7.11 Å². The predicted octanol–water partition coefficient (Wildman–Crippen LogP) is 5.23. The first-order valence-corrected chi connectivity index (χ1v) is 8.31. The van der Waals surface area contributed by atoms with Gasteiger partial charge in [-0.3, -0.25) is 0 Å². The first-order valence-electron chi connectivity index (χ1n) is 8.31. The van der Waals surface area contributed by atoms with Gasteiger partial charge in [-0.05, 0) is 75.9 Å². The van der Waals surface area contributed by atoms with Gasteiger partial charge in [-0.25, -0.2) is 0 Å². The van der Waals surface area contributed by atoms with E-state index in [0.717, 1.165) is 39.1 Å². The molecule has 3 aromatic carbocycles. The highest BCUT2D eigenvalue weighted by Gasteiger charge is 2.23. The van der Waals surface area contributed by atoms with Crippen molar-refractivity contribution in [2.45, 2.75) is 0 Å². The minimum atomic E-state index is 0.837. The van der Waals surface area contributed by atoms with Crippen LogP contribution in [0.1, 0.15) is 27.8 Å². The Bertz CT molecular complexity index is 1050. The molecule has 4 rings (SSSR count). The van der Waals surface area contributed by atoms with Gasteiger partial charge < -0.3 is 4.74 Å². The summed E-state index contributed by atoms with van der Waals surface area (Å²) < 4.78 is 5.25. The van der Waals surface area contributed by atoms with Gasteiger partial charge in [-0.15, -0.1) is 12.8 Å². The van der Waals surface area contributed by atoms with Crippen molar-refractivity contribution >= 4 is 11.6 Å². The van der Waals surface area contributed by atoms with Gasteiger partial charge >= 0.3 is 0 Å². The van der Waals surface area contributed by atoms with Crippen LogP contribution in [0.3, 0.4) is 0 Å². The van der Waals surface area contributed by atoms with Crippen LogP contribution in [0.25, 0.3) is 22.8 Å². The highest BCUT2D eigenvalue weighted by Crippen LogP contribution is 2.45. The SMILES string of the molecule is C#Cc1ccc2c(c1)C(=Cc1ccc(OC)cc1)c1cc(C#C)ccc1-2. The molecule has 0 amide bonds. The van der Waals surface area contributed by atoms with Gasteiger partial charge in [0.05, 0.1) is 7.11 Å². The van der Waals surface area contributed by atoms with E-state index in [1.807, 2.05) is 36.4 Å². The third-order valence-electron chi connectivity index (χ3n) is 4.67. The fraction of sp³-hybridized carbons (Fsp3) is 0.0400. The molecule has 0 bridgehead atoms. The van der Waals surface area contributed by atoms with E-state index in [2.05, 4.69) is 42.2 Å². The summed E-state index contributed by atoms with van der Waals surface area (Å²) in [5.74, 6) is 6.30. The monoisotopic (exact) mass is 332 g/mol. The Kier molecular flexibility index (Phi) is 3.85. The second kappa shape index (κ2) is 6.32. The van der Waals surface area contributed by atoms with E-state index in [4.69, 9.17) is 17.6 Å². The lowest BCUT2D eigenvalue weighted by Gasteiger charge is -2.05. The van der Waals surface area contributed by atoms with Gasteiger partial charge in [0.15, 0.2) is 0 Å². The maximum absolute atomic E-state index is 5.61. The number of benzene rings is 3. The number of hydrogen-bond donors (Lipinski definition) is 0. The molecule has 0 saturated carbocycles. The first kappa shape index (κ1) is 15.8. The zero-order valence-electron chi connectivity index (χ0n) is 14.4. The summed E-state index contributed by atoms with van der Waals surface area (Å²) in [6, 6.07) is 20.3. The Balaban J connectivity index is 1.94. The Morgan fingerprint density at radius 3 is 1.73 bits per heavy atom. The minimum absolute atomic E-state index is 0.837. The van der Waals surface area contributed by atoms with Crippen LogP contribution in [0, 0.1) is 24.7 Å². The van der Waals surface area contributed by atoms with Crippen molar-refractivity contribution in [1.29, 1.82) is 0 Å². The van der Waals surface area contributed by atoms with E-state index in [9.17, 15) is 0 Å². The molecule has 0 aliphatic heterocycles. The third kappa shape index (κ3) is 2.57. The maximum Gasteiger partial charge on any atom is 0.118 e. The molecule has 1 heteroatoms. The summed E-state index contributed by atoms with van der Waals surface area (Å²) in [5.41, 5.74) is 8.61. The van der Waals surface area contributed by atoms with Crippen molar-refractivity contribution in [3.63, 3.8) is 0 Å². The molecule has 0 unspecified atom stereocenters. The summed E-state index contributed by atoms with van der Waals surface area (Å²) in [5, 5.41) is 0. The number of rotatable bonds is 2. The predicted molar refractivity (Wildman–Crippen MR) is 108 cm³/mol. The van der Waals surface area contributed by atoms with Gasteiger partial charge in [-0.2, -0.15) is 0 Å². The fourth-order valence-corrected chi connectivity index (χ4v) is 3.35. The molecule has 1 aliphatic carbocycles. The summed E-state index contributed by atoms with van der Waals surface area (Å²) in [7, 11) is 1.67. The number of ether oxygens (including phenoxy) is 1. The Hall–Kier alpha value is -3.68. The molecule has 0 N–H and O–H groups in total. The van der Waals surface area contributed by atoms with Crippen LogP contribution in [0.5, 0.6) is 5.75 Å². The summed E-state index contributed by atoms with van der Waals surface area (Å²) in [4.78, 5) is 0. The molecule has 0 fully saturated rings. The Morgan fingerprint density at radius 1 is 0.731 bits per heavy atom. The molecule has 0 heterocycles. The van der Waals surface area contributed by atoms with Crippen molar-refractivity contribution in [1.82, 2.24) is 0 Å². The Labute approximate surface area is 154 Å². The quantitative estimate of drug-likeness (QED) is 0.457. The van der Waals surface area contributed by atoms with Crippen molar-refractivity contribution in [3.8, 4) is 41.6 Å². The lowest BCUT2D eigenvalue weighted by molar-refractivity contribution is 0.415. The van der Waals surface area contributed by atoms with Gasteiger partial charge in [0, 0.05) is 11.1 Å². The van der Waals surface area contributed by atoms with Crippen molar-refractivity contribution in [2.24, 2.45) is 0 Å². The van der Waals surface area contributed by atoms with Gasteiger partial charge in [0.1, 0.15) is 5.75 Å². The Morgan fingerprint density at radius 2 is 1.27 bits per heavy atom. The van der Waals surface area contributed by atoms with Gasteiger partial charge in [0.25, 0.3) is 0 Å². The van der Waals surface area contributed by atoms with E-state index >= 15 is 0 Å². The third-order valence-corrected chi connectivity index (χ3v) is 4.67. The average molecular weight is 332 g/mol. The zero-order valence-corrected chi connectivity index (χ0v) is 14.4. The molecule has 0 spiro atoms. The van der Waals surface area contributed by atoms with Crippen LogP contribution in [0.4, 0.5) is 0 Å². The number of methoxy groups -OCH3 is 1. The molecule has 122 valence electrons. The second-order valence-corrected chi connectivity index (χ2v) is 6.14. The molecular formula is C25H16O. The number of fused-ring (bicyclic) bond motifs is 3. The smallest absolute Gasteiger partial charge is 0.118 e. The standard InChI is InChI=1S/C25H16O/c1-4-17-8-12-21-22-13-9-18(5-2)15-24(22)25(23(21)14-17)16-19-6-10-20(26-3)11-7-19/h1-2,6-16H,3H3. The largest absolute Gasteiger partial charge is 0.497 e. The molecular weight excluding hydrogens is 316 g/mol. The highest BCUT2D eigenvalue weighted by atomic mass is 16.5. The lowest BCUT2D eigenvalue weighted by atomic mass is 9.99. The first-order chi connectivity index (χ1) is 12.7. The van der Waals surface area contributed by atoms with Gasteiger partial charge in [0.2, 0.25) is 0 Å². The van der Waals surface area contributed by atoms with Crippen LogP contribution in [-0.2, 0) is 0 Å². The van der Waals surface area contributed by atoms with Crippen molar-refractivity contribution in [3.05, 3.63) is 88.5 Å². The van der Waals surface area contributed by atoms with Crippen LogP contribution in [0.2, 0.25) is 0 Å². The molecule has 1 aliphatic rings. The van der Waals surface area contributed by atoms with Crippen LogP contribution >= 0.6 is 0 Å². The molecule has 0 atom stereocenters. The fourth-order valence-electron chi connectivity index (χ4n) is 3.35. The van der Waals surface area contributed by atoms with Crippen molar-refractivity contribution < 1.29 is 4.74 Å². The molecule has 0 radical (unpaired) electrons. The van der Waals surface area contributed by atoms with Crippen LogP contribution < -0.4 is 4.74 Å². The topological polar surface area (TPSA) is 9.23 Å². The van der Waals surface area contributed by atoms with Crippen molar-refractivity contribution in [2.75, 3.05) is 7.11 Å². The second-order valence-electron chi connectivity index (χ2n) is 6.14. The van der Waals surface area contributed by atoms with E-state index < -0.39 is 0 Å². The molecule has 0 aromatic heterocycles. The highest BCUT2D eigenvalue weighted by molar-refractivity contribution is 6.07. The summed E-state index contributed by atoms with van der Waals surface area (Å²) in [6.45, 7) is 0. The summed E-state index contributed by atoms with van der Waals surface area (Å²) in [6.07, 6.45) is 13.4. The van der Waals surface area contributed by atoms with E-state index in [0.29, 0.717) is 0 Å². The van der Waals surface area contributed by atoms with Crippen LogP contribution in [0.15, 0.2) is 60.7 Å². The minimum Gasteiger partial charge on any atom is -0.497 e. The number of terminal acetylenes is 2.